The van der Waals surface area contributed by atoms with Crippen molar-refractivity contribution in [3.05, 3.63) is 91.4 Å². The Morgan fingerprint density at radius 1 is 1.03 bits per heavy atom. The van der Waals surface area contributed by atoms with Gasteiger partial charge in [-0.1, -0.05) is 24.3 Å². The summed E-state index contributed by atoms with van der Waals surface area (Å²) in [5, 5.41) is 4.64. The first-order valence-electron chi connectivity index (χ1n) is 9.53. The summed E-state index contributed by atoms with van der Waals surface area (Å²) in [6, 6.07) is 14.6. The predicted octanol–water partition coefficient (Wildman–Crippen LogP) is 3.78. The van der Waals surface area contributed by atoms with Crippen LogP contribution >= 0.6 is 11.3 Å². The summed E-state index contributed by atoms with van der Waals surface area (Å²) in [7, 11) is 0. The quantitative estimate of drug-likeness (QED) is 0.547. The summed E-state index contributed by atoms with van der Waals surface area (Å²) in [4.78, 5) is 39.1. The fraction of sp³-hybridized carbons (Fsp3) is 0.174. The van der Waals surface area contributed by atoms with Crippen LogP contribution in [0.2, 0.25) is 0 Å². The number of hydrogen-bond donors (Lipinski definition) is 1. The van der Waals surface area contributed by atoms with E-state index in [-0.39, 0.29) is 18.0 Å². The van der Waals surface area contributed by atoms with Gasteiger partial charge in [0.15, 0.2) is 0 Å². The molecule has 0 spiro atoms. The van der Waals surface area contributed by atoms with Gasteiger partial charge in [0.1, 0.15) is 11.2 Å². The Morgan fingerprint density at radius 3 is 2.57 bits per heavy atom. The van der Waals surface area contributed by atoms with Crippen LogP contribution in [-0.2, 0) is 11.3 Å². The van der Waals surface area contributed by atoms with Crippen LogP contribution in [-0.4, -0.2) is 15.0 Å². The number of carbonyl (C=O) groups is 1. The number of aromatic nitrogens is 2. The molecule has 30 heavy (non-hydrogen) atoms. The predicted molar refractivity (Wildman–Crippen MR) is 121 cm³/mol. The average molecular weight is 420 g/mol. The first-order chi connectivity index (χ1) is 14.4. The molecular formula is C23H21N3O3S. The van der Waals surface area contributed by atoms with Crippen molar-refractivity contribution in [3.63, 3.8) is 0 Å². The molecule has 0 fully saturated rings. The van der Waals surface area contributed by atoms with E-state index in [2.05, 4.69) is 5.32 Å². The van der Waals surface area contributed by atoms with Crippen LogP contribution in [0.15, 0.2) is 63.5 Å². The molecule has 1 amide bonds. The molecule has 0 bridgehead atoms. The van der Waals surface area contributed by atoms with Crippen LogP contribution in [0.25, 0.3) is 15.9 Å². The highest BCUT2D eigenvalue weighted by atomic mass is 32.1. The third-order valence-electron chi connectivity index (χ3n) is 5.20. The highest BCUT2D eigenvalue weighted by molar-refractivity contribution is 7.17. The minimum absolute atomic E-state index is 0.189. The maximum atomic E-state index is 13.3. The fourth-order valence-electron chi connectivity index (χ4n) is 3.45. The number of aryl methyl sites for hydroxylation is 2. The smallest absolute Gasteiger partial charge is 0.324 e. The van der Waals surface area contributed by atoms with Crippen LogP contribution in [0, 0.1) is 20.8 Å². The second-order valence-electron chi connectivity index (χ2n) is 7.28. The lowest BCUT2D eigenvalue weighted by Gasteiger charge is -2.14. The lowest BCUT2D eigenvalue weighted by Crippen LogP contribution is -2.40. The van der Waals surface area contributed by atoms with Gasteiger partial charge >= 0.3 is 5.69 Å². The lowest BCUT2D eigenvalue weighted by molar-refractivity contribution is -0.116. The zero-order valence-electron chi connectivity index (χ0n) is 16.9. The molecule has 2 aromatic heterocycles. The maximum absolute atomic E-state index is 13.3. The Hall–Kier alpha value is -3.45. The first kappa shape index (κ1) is 19.8. The highest BCUT2D eigenvalue weighted by Crippen LogP contribution is 2.19. The van der Waals surface area contributed by atoms with Crippen LogP contribution in [0.3, 0.4) is 0 Å². The Balaban J connectivity index is 1.80. The summed E-state index contributed by atoms with van der Waals surface area (Å²) < 4.78 is 2.93. The Labute approximate surface area is 177 Å². The number of nitrogens with zero attached hydrogens (tertiary/aromatic N) is 2. The molecule has 0 saturated carbocycles. The number of carbonyl (C=O) groups excluding carboxylic acids is 1. The fourth-order valence-corrected chi connectivity index (χ4v) is 4.28. The molecule has 6 nitrogen and oxygen atoms in total. The van der Waals surface area contributed by atoms with E-state index in [1.54, 1.807) is 29.6 Å². The van der Waals surface area contributed by atoms with E-state index in [0.29, 0.717) is 21.6 Å². The molecule has 0 atom stereocenters. The van der Waals surface area contributed by atoms with Crippen molar-refractivity contribution in [1.82, 2.24) is 9.13 Å². The number of fused-ring (bicyclic) bond motifs is 1. The molecule has 1 N–H and O–H groups in total. The lowest BCUT2D eigenvalue weighted by atomic mass is 10.1. The van der Waals surface area contributed by atoms with Gasteiger partial charge in [0.05, 0.1) is 11.2 Å². The summed E-state index contributed by atoms with van der Waals surface area (Å²) in [5.74, 6) is -0.326. The van der Waals surface area contributed by atoms with Gasteiger partial charge in [-0.15, -0.1) is 11.3 Å². The topological polar surface area (TPSA) is 73.1 Å². The van der Waals surface area contributed by atoms with Crippen molar-refractivity contribution in [2.75, 3.05) is 5.32 Å². The number of nitrogens with one attached hydrogen (secondary N) is 1. The van der Waals surface area contributed by atoms with Crippen LogP contribution < -0.4 is 16.6 Å². The van der Waals surface area contributed by atoms with E-state index in [0.717, 1.165) is 21.3 Å². The normalized spacial score (nSPS) is 11.0. The van der Waals surface area contributed by atoms with Gasteiger partial charge in [0.2, 0.25) is 5.91 Å². The van der Waals surface area contributed by atoms with E-state index < -0.39 is 5.69 Å². The number of hydrogen-bond acceptors (Lipinski definition) is 4. The standard InChI is InChI=1S/C23H21N3O3S/c1-14-6-4-8-17(12-14)26-22(28)21-19(10-11-30-21)25(23(26)29)13-20(27)24-18-9-5-7-15(2)16(18)3/h4-12H,13H2,1-3H3,(H,24,27). The molecule has 4 aromatic rings. The van der Waals surface area contributed by atoms with E-state index in [1.165, 1.54) is 15.9 Å². The molecule has 0 radical (unpaired) electrons. The molecule has 4 rings (SSSR count). The third-order valence-corrected chi connectivity index (χ3v) is 6.09. The zero-order valence-corrected chi connectivity index (χ0v) is 17.7. The number of anilines is 1. The van der Waals surface area contributed by atoms with Gasteiger partial charge in [0, 0.05) is 5.69 Å². The third kappa shape index (κ3) is 3.48. The monoisotopic (exact) mass is 419 g/mol. The van der Waals surface area contributed by atoms with Gasteiger partial charge < -0.3 is 5.32 Å². The largest absolute Gasteiger partial charge is 0.336 e. The summed E-state index contributed by atoms with van der Waals surface area (Å²) in [6.45, 7) is 5.62. The zero-order chi connectivity index (χ0) is 21.4. The number of benzene rings is 2. The average Bonchev–Trinajstić information content (AvgIpc) is 3.19. The molecule has 152 valence electrons. The summed E-state index contributed by atoms with van der Waals surface area (Å²) in [6.07, 6.45) is 0. The summed E-state index contributed by atoms with van der Waals surface area (Å²) >= 11 is 1.26. The van der Waals surface area contributed by atoms with Gasteiger partial charge in [-0.25, -0.2) is 9.36 Å². The van der Waals surface area contributed by atoms with Crippen LogP contribution in [0.4, 0.5) is 5.69 Å². The van der Waals surface area contributed by atoms with Crippen LogP contribution in [0.1, 0.15) is 16.7 Å². The van der Waals surface area contributed by atoms with Crippen LogP contribution in [0.5, 0.6) is 0 Å². The molecular weight excluding hydrogens is 398 g/mol. The number of thiophene rings is 1. The van der Waals surface area contributed by atoms with Crippen molar-refractivity contribution in [2.24, 2.45) is 0 Å². The van der Waals surface area contributed by atoms with Gasteiger partial charge in [-0.2, -0.15) is 0 Å². The van der Waals surface area contributed by atoms with Gasteiger partial charge in [0.25, 0.3) is 5.56 Å². The maximum Gasteiger partial charge on any atom is 0.336 e. The first-order valence-corrected chi connectivity index (χ1v) is 10.4. The molecule has 0 saturated heterocycles. The molecule has 2 aromatic carbocycles. The van der Waals surface area contributed by atoms with Crippen molar-refractivity contribution in [2.45, 2.75) is 27.3 Å². The van der Waals surface area contributed by atoms with Crippen molar-refractivity contribution in [1.29, 1.82) is 0 Å². The minimum Gasteiger partial charge on any atom is -0.324 e. The van der Waals surface area contributed by atoms with E-state index >= 15 is 0 Å². The minimum atomic E-state index is -0.535. The van der Waals surface area contributed by atoms with Crippen molar-refractivity contribution < 1.29 is 4.79 Å². The van der Waals surface area contributed by atoms with Crippen molar-refractivity contribution >= 4 is 33.1 Å². The van der Waals surface area contributed by atoms with E-state index in [4.69, 9.17) is 0 Å². The molecule has 7 heteroatoms. The SMILES string of the molecule is Cc1cccc(-n2c(=O)c3sccc3n(CC(=O)Nc3cccc(C)c3C)c2=O)c1. The number of amides is 1. The number of rotatable bonds is 4. The van der Waals surface area contributed by atoms with Crippen molar-refractivity contribution in [3.8, 4) is 5.69 Å². The van der Waals surface area contributed by atoms with E-state index in [9.17, 15) is 14.4 Å². The highest BCUT2D eigenvalue weighted by Gasteiger charge is 2.18. The Bertz CT molecular complexity index is 1400. The van der Waals surface area contributed by atoms with Gasteiger partial charge in [-0.3, -0.25) is 14.2 Å². The molecule has 0 unspecified atom stereocenters. The second-order valence-corrected chi connectivity index (χ2v) is 8.20. The Kier molecular flexibility index (Phi) is 5.13. The molecule has 2 heterocycles. The molecule has 0 aliphatic carbocycles. The molecule has 0 aliphatic heterocycles. The second kappa shape index (κ2) is 7.76. The summed E-state index contributed by atoms with van der Waals surface area (Å²) in [5.41, 5.74) is 3.74. The molecule has 0 aliphatic rings. The Morgan fingerprint density at radius 2 is 1.80 bits per heavy atom. The van der Waals surface area contributed by atoms with E-state index in [1.807, 2.05) is 45.0 Å². The van der Waals surface area contributed by atoms with Gasteiger partial charge in [-0.05, 0) is 67.1 Å².